The van der Waals surface area contributed by atoms with Crippen LogP contribution in [0, 0.1) is 5.92 Å². The van der Waals surface area contributed by atoms with Crippen molar-refractivity contribution in [2.75, 3.05) is 18.0 Å². The fourth-order valence-electron chi connectivity index (χ4n) is 3.37. The first-order valence-electron chi connectivity index (χ1n) is 7.53. The van der Waals surface area contributed by atoms with Gasteiger partial charge in [-0.15, -0.1) is 0 Å². The van der Waals surface area contributed by atoms with E-state index in [-0.39, 0.29) is 0 Å². The Hall–Kier alpha value is -1.65. The minimum Gasteiger partial charge on any atom is -0.481 e. The summed E-state index contributed by atoms with van der Waals surface area (Å²) in [6.07, 6.45) is 8.49. The SMILES string of the molecule is O=C(O)CC1CCN(c2ncnc3c2CCCC3)CC1. The van der Waals surface area contributed by atoms with Gasteiger partial charge in [-0.3, -0.25) is 4.79 Å². The van der Waals surface area contributed by atoms with Gasteiger partial charge in [0, 0.05) is 30.8 Å². The summed E-state index contributed by atoms with van der Waals surface area (Å²) in [6, 6.07) is 0. The predicted octanol–water partition coefficient (Wildman–Crippen LogP) is 2.05. The summed E-state index contributed by atoms with van der Waals surface area (Å²) in [5.74, 6) is 0.743. The van der Waals surface area contributed by atoms with E-state index in [4.69, 9.17) is 5.11 Å². The summed E-state index contributed by atoms with van der Waals surface area (Å²) < 4.78 is 0. The zero-order valence-corrected chi connectivity index (χ0v) is 11.7. The number of fused-ring (bicyclic) bond motifs is 1. The van der Waals surface area contributed by atoms with Crippen LogP contribution in [0.25, 0.3) is 0 Å². The summed E-state index contributed by atoms with van der Waals surface area (Å²) in [5, 5.41) is 8.87. The second-order valence-corrected chi connectivity index (χ2v) is 5.86. The maximum Gasteiger partial charge on any atom is 0.303 e. The molecule has 5 nitrogen and oxygen atoms in total. The third-order valence-corrected chi connectivity index (χ3v) is 4.48. The van der Waals surface area contributed by atoms with Crippen molar-refractivity contribution in [1.29, 1.82) is 0 Å². The number of carboxylic acids is 1. The molecule has 1 aromatic rings. The first-order valence-corrected chi connectivity index (χ1v) is 7.53. The quantitative estimate of drug-likeness (QED) is 0.914. The van der Waals surface area contributed by atoms with E-state index < -0.39 is 5.97 Å². The standard InChI is InChI=1S/C15H21N3O2/c19-14(20)9-11-5-7-18(8-6-11)15-12-3-1-2-4-13(12)16-10-17-15/h10-11H,1-9H2,(H,19,20). The minimum atomic E-state index is -0.678. The highest BCUT2D eigenvalue weighted by atomic mass is 16.4. The normalized spacial score (nSPS) is 19.7. The predicted molar refractivity (Wildman–Crippen MR) is 75.9 cm³/mol. The van der Waals surface area contributed by atoms with E-state index in [0.29, 0.717) is 12.3 Å². The second kappa shape index (κ2) is 5.77. The van der Waals surface area contributed by atoms with E-state index in [1.54, 1.807) is 6.33 Å². The number of piperidine rings is 1. The molecule has 3 rings (SSSR count). The lowest BCUT2D eigenvalue weighted by atomic mass is 9.92. The van der Waals surface area contributed by atoms with E-state index in [9.17, 15) is 4.79 Å². The molecule has 0 radical (unpaired) electrons. The number of hydrogen-bond acceptors (Lipinski definition) is 4. The van der Waals surface area contributed by atoms with Crippen molar-refractivity contribution in [1.82, 2.24) is 9.97 Å². The van der Waals surface area contributed by atoms with Crippen LogP contribution in [-0.2, 0) is 17.6 Å². The molecule has 0 bridgehead atoms. The number of anilines is 1. The van der Waals surface area contributed by atoms with Gasteiger partial charge in [-0.05, 0) is 44.4 Å². The van der Waals surface area contributed by atoms with Crippen LogP contribution < -0.4 is 4.90 Å². The molecule has 0 amide bonds. The highest BCUT2D eigenvalue weighted by Crippen LogP contribution is 2.30. The molecule has 5 heteroatoms. The van der Waals surface area contributed by atoms with Gasteiger partial charge in [-0.25, -0.2) is 9.97 Å². The van der Waals surface area contributed by atoms with Gasteiger partial charge in [0.2, 0.25) is 0 Å². The lowest BCUT2D eigenvalue weighted by Gasteiger charge is -2.34. The molecular formula is C15H21N3O2. The number of aryl methyl sites for hydroxylation is 1. The Bertz CT molecular complexity index is 496. The maximum absolute atomic E-state index is 10.8. The van der Waals surface area contributed by atoms with Gasteiger partial charge in [0.15, 0.2) is 0 Å². The molecule has 0 saturated carbocycles. The van der Waals surface area contributed by atoms with Crippen LogP contribution in [0.1, 0.15) is 43.4 Å². The number of aromatic nitrogens is 2. The van der Waals surface area contributed by atoms with E-state index in [2.05, 4.69) is 14.9 Å². The fraction of sp³-hybridized carbons (Fsp3) is 0.667. The van der Waals surface area contributed by atoms with E-state index >= 15 is 0 Å². The Balaban J connectivity index is 1.71. The van der Waals surface area contributed by atoms with Gasteiger partial charge in [-0.1, -0.05) is 0 Å². The van der Waals surface area contributed by atoms with Crippen LogP contribution in [0.15, 0.2) is 6.33 Å². The third kappa shape index (κ3) is 2.76. The van der Waals surface area contributed by atoms with Crippen LogP contribution in [-0.4, -0.2) is 34.1 Å². The monoisotopic (exact) mass is 275 g/mol. The Morgan fingerprint density at radius 3 is 2.75 bits per heavy atom. The Morgan fingerprint density at radius 1 is 1.25 bits per heavy atom. The summed E-state index contributed by atoms with van der Waals surface area (Å²) >= 11 is 0. The highest BCUT2D eigenvalue weighted by Gasteiger charge is 2.25. The van der Waals surface area contributed by atoms with Gasteiger partial charge < -0.3 is 10.0 Å². The van der Waals surface area contributed by atoms with Crippen LogP contribution in [0.5, 0.6) is 0 Å². The van der Waals surface area contributed by atoms with Crippen LogP contribution in [0.4, 0.5) is 5.82 Å². The zero-order chi connectivity index (χ0) is 13.9. The average molecular weight is 275 g/mol. The topological polar surface area (TPSA) is 66.3 Å². The molecule has 20 heavy (non-hydrogen) atoms. The van der Waals surface area contributed by atoms with Crippen LogP contribution in [0.2, 0.25) is 0 Å². The molecule has 0 atom stereocenters. The molecule has 0 spiro atoms. The van der Waals surface area contributed by atoms with Crippen molar-refractivity contribution in [2.45, 2.75) is 44.9 Å². The van der Waals surface area contributed by atoms with Crippen LogP contribution in [0.3, 0.4) is 0 Å². The number of rotatable bonds is 3. The van der Waals surface area contributed by atoms with E-state index in [1.807, 2.05) is 0 Å². The first kappa shape index (κ1) is 13.3. The first-order chi connectivity index (χ1) is 9.74. The number of nitrogens with zero attached hydrogens (tertiary/aromatic N) is 3. The molecule has 1 aliphatic carbocycles. The zero-order valence-electron chi connectivity index (χ0n) is 11.7. The number of hydrogen-bond donors (Lipinski definition) is 1. The lowest BCUT2D eigenvalue weighted by Crippen LogP contribution is -2.36. The third-order valence-electron chi connectivity index (χ3n) is 4.48. The summed E-state index contributed by atoms with van der Waals surface area (Å²) in [6.45, 7) is 1.84. The summed E-state index contributed by atoms with van der Waals surface area (Å²) in [4.78, 5) is 22.0. The largest absolute Gasteiger partial charge is 0.481 e. The highest BCUT2D eigenvalue weighted by molar-refractivity contribution is 5.67. The minimum absolute atomic E-state index is 0.301. The van der Waals surface area contributed by atoms with Gasteiger partial charge in [0.25, 0.3) is 0 Å². The van der Waals surface area contributed by atoms with Crippen LogP contribution >= 0.6 is 0 Å². The summed E-state index contributed by atoms with van der Waals surface area (Å²) in [7, 11) is 0. The lowest BCUT2D eigenvalue weighted by molar-refractivity contribution is -0.138. The molecule has 1 aromatic heterocycles. The Labute approximate surface area is 119 Å². The van der Waals surface area contributed by atoms with Gasteiger partial charge >= 0.3 is 5.97 Å². The average Bonchev–Trinajstić information content (AvgIpc) is 2.47. The molecule has 1 aliphatic heterocycles. The van der Waals surface area contributed by atoms with E-state index in [1.165, 1.54) is 24.1 Å². The number of carboxylic acid groups (broad SMARTS) is 1. The van der Waals surface area contributed by atoms with Crippen molar-refractivity contribution in [2.24, 2.45) is 5.92 Å². The van der Waals surface area contributed by atoms with Crippen molar-refractivity contribution >= 4 is 11.8 Å². The smallest absolute Gasteiger partial charge is 0.303 e. The summed E-state index contributed by atoms with van der Waals surface area (Å²) in [5.41, 5.74) is 2.55. The van der Waals surface area contributed by atoms with E-state index in [0.717, 1.165) is 44.6 Å². The van der Waals surface area contributed by atoms with Gasteiger partial charge in [-0.2, -0.15) is 0 Å². The molecule has 1 N–H and O–H groups in total. The fourth-order valence-corrected chi connectivity index (χ4v) is 3.37. The maximum atomic E-state index is 10.8. The molecule has 1 fully saturated rings. The Kier molecular flexibility index (Phi) is 3.85. The molecule has 1 saturated heterocycles. The van der Waals surface area contributed by atoms with Crippen molar-refractivity contribution in [3.05, 3.63) is 17.6 Å². The molecular weight excluding hydrogens is 254 g/mol. The molecule has 2 heterocycles. The number of carbonyl (C=O) groups is 1. The molecule has 2 aliphatic rings. The molecule has 108 valence electrons. The van der Waals surface area contributed by atoms with Gasteiger partial charge in [0.05, 0.1) is 0 Å². The van der Waals surface area contributed by atoms with Gasteiger partial charge in [0.1, 0.15) is 12.1 Å². The van der Waals surface area contributed by atoms with Crippen molar-refractivity contribution < 1.29 is 9.90 Å². The Morgan fingerprint density at radius 2 is 2.00 bits per heavy atom. The molecule has 0 aromatic carbocycles. The number of aliphatic carboxylic acids is 1. The van der Waals surface area contributed by atoms with Crippen molar-refractivity contribution in [3.63, 3.8) is 0 Å². The second-order valence-electron chi connectivity index (χ2n) is 5.86. The molecule has 0 unspecified atom stereocenters. The van der Waals surface area contributed by atoms with Crippen molar-refractivity contribution in [3.8, 4) is 0 Å².